The molecule has 1 aliphatic rings. The first-order valence-corrected chi connectivity index (χ1v) is 6.47. The first-order chi connectivity index (χ1) is 8.69. The van der Waals surface area contributed by atoms with E-state index in [0.717, 1.165) is 10.9 Å². The number of halogens is 1. The lowest BCUT2D eigenvalue weighted by atomic mass is 10.2. The van der Waals surface area contributed by atoms with Crippen LogP contribution in [0.3, 0.4) is 0 Å². The fourth-order valence-electron chi connectivity index (χ4n) is 1.74. The molecule has 0 saturated carbocycles. The number of amides is 2. The monoisotopic (exact) mass is 314 g/mol. The molecule has 1 aromatic rings. The summed E-state index contributed by atoms with van der Waals surface area (Å²) in [6, 6.07) is 5.26. The van der Waals surface area contributed by atoms with Crippen molar-refractivity contribution in [1.82, 2.24) is 5.32 Å². The second-order valence-corrected chi connectivity index (χ2v) is 4.86. The van der Waals surface area contributed by atoms with Crippen LogP contribution >= 0.6 is 15.9 Å². The summed E-state index contributed by atoms with van der Waals surface area (Å²) in [6.45, 7) is 1.29. The standard InChI is InChI=1S/C12H15BrN2O3/c1-17-11-6-8(2-3-10(11)13)14-12(16)15-9-4-5-18-7-9/h2-3,6,9H,4-5,7H2,1H3,(H2,14,15,16). The SMILES string of the molecule is COc1cc(NC(=O)NC2CCOC2)ccc1Br. The van der Waals surface area contributed by atoms with Crippen molar-refractivity contribution in [2.45, 2.75) is 12.5 Å². The first-order valence-electron chi connectivity index (χ1n) is 5.68. The molecule has 18 heavy (non-hydrogen) atoms. The zero-order valence-electron chi connectivity index (χ0n) is 10.0. The normalized spacial score (nSPS) is 18.4. The molecule has 0 aromatic heterocycles. The third kappa shape index (κ3) is 3.36. The van der Waals surface area contributed by atoms with Gasteiger partial charge in [-0.05, 0) is 34.5 Å². The lowest BCUT2D eigenvalue weighted by Crippen LogP contribution is -2.38. The molecular formula is C12H15BrN2O3. The second-order valence-electron chi connectivity index (χ2n) is 4.01. The lowest BCUT2D eigenvalue weighted by Gasteiger charge is -2.12. The van der Waals surface area contributed by atoms with Crippen molar-refractivity contribution in [3.8, 4) is 5.75 Å². The van der Waals surface area contributed by atoms with Gasteiger partial charge in [0, 0.05) is 18.4 Å². The second kappa shape index (κ2) is 6.06. The number of nitrogens with one attached hydrogen (secondary N) is 2. The summed E-state index contributed by atoms with van der Waals surface area (Å²) < 4.78 is 11.2. The van der Waals surface area contributed by atoms with Gasteiger partial charge in [-0.1, -0.05) is 0 Å². The van der Waals surface area contributed by atoms with E-state index in [1.165, 1.54) is 0 Å². The molecule has 1 aliphatic heterocycles. The highest BCUT2D eigenvalue weighted by Gasteiger charge is 2.17. The van der Waals surface area contributed by atoms with Crippen LogP contribution in [0.2, 0.25) is 0 Å². The maximum absolute atomic E-state index is 11.7. The summed E-state index contributed by atoms with van der Waals surface area (Å²) >= 11 is 3.36. The van der Waals surface area contributed by atoms with Crippen LogP contribution in [0, 0.1) is 0 Å². The van der Waals surface area contributed by atoms with Gasteiger partial charge < -0.3 is 20.1 Å². The van der Waals surface area contributed by atoms with E-state index in [0.29, 0.717) is 24.7 Å². The van der Waals surface area contributed by atoms with Gasteiger partial charge in [-0.25, -0.2) is 4.79 Å². The number of hydrogen-bond acceptors (Lipinski definition) is 3. The van der Waals surface area contributed by atoms with E-state index in [1.54, 1.807) is 19.2 Å². The van der Waals surface area contributed by atoms with Gasteiger partial charge in [0.2, 0.25) is 0 Å². The van der Waals surface area contributed by atoms with E-state index in [4.69, 9.17) is 9.47 Å². The lowest BCUT2D eigenvalue weighted by molar-refractivity contribution is 0.189. The number of anilines is 1. The van der Waals surface area contributed by atoms with Crippen LogP contribution in [0.4, 0.5) is 10.5 Å². The van der Waals surface area contributed by atoms with Crippen molar-refractivity contribution in [3.63, 3.8) is 0 Å². The largest absolute Gasteiger partial charge is 0.495 e. The molecule has 2 rings (SSSR count). The average Bonchev–Trinajstić information content (AvgIpc) is 2.84. The van der Waals surface area contributed by atoms with Crippen molar-refractivity contribution in [2.75, 3.05) is 25.6 Å². The highest BCUT2D eigenvalue weighted by atomic mass is 79.9. The highest BCUT2D eigenvalue weighted by molar-refractivity contribution is 9.10. The molecule has 6 heteroatoms. The molecule has 2 amide bonds. The van der Waals surface area contributed by atoms with E-state index in [2.05, 4.69) is 26.6 Å². The topological polar surface area (TPSA) is 59.6 Å². The number of methoxy groups -OCH3 is 1. The van der Waals surface area contributed by atoms with E-state index >= 15 is 0 Å². The van der Waals surface area contributed by atoms with E-state index in [1.807, 2.05) is 6.07 Å². The van der Waals surface area contributed by atoms with Crippen LogP contribution in [0.25, 0.3) is 0 Å². The summed E-state index contributed by atoms with van der Waals surface area (Å²) in [5, 5.41) is 5.62. The van der Waals surface area contributed by atoms with Crippen LogP contribution in [0.15, 0.2) is 22.7 Å². The Hall–Kier alpha value is -1.27. The fraction of sp³-hybridized carbons (Fsp3) is 0.417. The van der Waals surface area contributed by atoms with Crippen molar-refractivity contribution in [3.05, 3.63) is 22.7 Å². The fourth-order valence-corrected chi connectivity index (χ4v) is 2.15. The molecule has 0 spiro atoms. The highest BCUT2D eigenvalue weighted by Crippen LogP contribution is 2.27. The minimum Gasteiger partial charge on any atom is -0.495 e. The van der Waals surface area contributed by atoms with Crippen molar-refractivity contribution in [1.29, 1.82) is 0 Å². The molecule has 98 valence electrons. The minimum atomic E-state index is -0.227. The van der Waals surface area contributed by atoms with E-state index in [-0.39, 0.29) is 12.1 Å². The van der Waals surface area contributed by atoms with Crippen LogP contribution in [-0.4, -0.2) is 32.4 Å². The van der Waals surface area contributed by atoms with Crippen molar-refractivity contribution >= 4 is 27.6 Å². The zero-order chi connectivity index (χ0) is 13.0. The molecule has 0 radical (unpaired) electrons. The Balaban J connectivity index is 1.93. The summed E-state index contributed by atoms with van der Waals surface area (Å²) in [6.07, 6.45) is 0.858. The number of carbonyl (C=O) groups excluding carboxylic acids is 1. The average molecular weight is 315 g/mol. The Kier molecular flexibility index (Phi) is 4.43. The number of rotatable bonds is 3. The summed E-state index contributed by atoms with van der Waals surface area (Å²) in [4.78, 5) is 11.7. The van der Waals surface area contributed by atoms with Gasteiger partial charge in [0.25, 0.3) is 0 Å². The first kappa shape index (κ1) is 13.2. The van der Waals surface area contributed by atoms with Crippen molar-refractivity contribution in [2.24, 2.45) is 0 Å². The van der Waals surface area contributed by atoms with Crippen molar-refractivity contribution < 1.29 is 14.3 Å². The Morgan fingerprint density at radius 3 is 3.06 bits per heavy atom. The third-order valence-electron chi connectivity index (χ3n) is 2.67. The quantitative estimate of drug-likeness (QED) is 0.900. The molecule has 1 saturated heterocycles. The molecule has 1 atom stereocenters. The maximum Gasteiger partial charge on any atom is 0.319 e. The molecule has 0 aliphatic carbocycles. The van der Waals surface area contributed by atoms with E-state index in [9.17, 15) is 4.79 Å². The van der Waals surface area contributed by atoms with Gasteiger partial charge in [-0.2, -0.15) is 0 Å². The van der Waals surface area contributed by atoms with Crippen LogP contribution in [0.5, 0.6) is 5.75 Å². The van der Waals surface area contributed by atoms with Gasteiger partial charge in [0.15, 0.2) is 0 Å². The number of ether oxygens (including phenoxy) is 2. The number of benzene rings is 1. The Labute approximate surface area is 114 Å². The van der Waals surface area contributed by atoms with Gasteiger partial charge in [-0.15, -0.1) is 0 Å². The molecule has 2 N–H and O–H groups in total. The molecule has 1 unspecified atom stereocenters. The van der Waals surface area contributed by atoms with Crippen LogP contribution < -0.4 is 15.4 Å². The summed E-state index contributed by atoms with van der Waals surface area (Å²) in [5.74, 6) is 0.678. The van der Waals surface area contributed by atoms with Gasteiger partial charge in [-0.3, -0.25) is 0 Å². The number of hydrogen-bond donors (Lipinski definition) is 2. The van der Waals surface area contributed by atoms with Crippen LogP contribution in [0.1, 0.15) is 6.42 Å². The smallest absolute Gasteiger partial charge is 0.319 e. The molecule has 1 aromatic carbocycles. The molecule has 1 fully saturated rings. The Morgan fingerprint density at radius 1 is 1.56 bits per heavy atom. The third-order valence-corrected chi connectivity index (χ3v) is 3.33. The van der Waals surface area contributed by atoms with Crippen LogP contribution in [-0.2, 0) is 4.74 Å². The number of urea groups is 1. The minimum absolute atomic E-state index is 0.0994. The summed E-state index contributed by atoms with van der Waals surface area (Å²) in [7, 11) is 1.58. The Morgan fingerprint density at radius 2 is 2.39 bits per heavy atom. The van der Waals surface area contributed by atoms with Gasteiger partial charge in [0.05, 0.1) is 24.2 Å². The predicted octanol–water partition coefficient (Wildman–Crippen LogP) is 2.37. The summed E-state index contributed by atoms with van der Waals surface area (Å²) in [5.41, 5.74) is 0.687. The molecule has 1 heterocycles. The van der Waals surface area contributed by atoms with Gasteiger partial charge >= 0.3 is 6.03 Å². The molecule has 5 nitrogen and oxygen atoms in total. The van der Waals surface area contributed by atoms with E-state index < -0.39 is 0 Å². The molecular weight excluding hydrogens is 300 g/mol. The number of carbonyl (C=O) groups is 1. The van der Waals surface area contributed by atoms with Gasteiger partial charge in [0.1, 0.15) is 5.75 Å². The predicted molar refractivity (Wildman–Crippen MR) is 72.1 cm³/mol. The maximum atomic E-state index is 11.7. The Bertz CT molecular complexity index is 433. The molecule has 0 bridgehead atoms. The zero-order valence-corrected chi connectivity index (χ0v) is 11.6.